The summed E-state index contributed by atoms with van der Waals surface area (Å²) in [4.78, 5) is 32.2. The first-order valence-corrected chi connectivity index (χ1v) is 11.9. The number of ether oxygens (including phenoxy) is 1. The van der Waals surface area contributed by atoms with E-state index in [2.05, 4.69) is 10.2 Å². The van der Waals surface area contributed by atoms with Crippen LogP contribution in [0.3, 0.4) is 0 Å². The average molecular weight is 461 g/mol. The van der Waals surface area contributed by atoms with Crippen LogP contribution in [0.1, 0.15) is 16.5 Å². The van der Waals surface area contributed by atoms with Crippen molar-refractivity contribution in [3.8, 4) is 0 Å². The zero-order chi connectivity index (χ0) is 22.3. The second kappa shape index (κ2) is 11.0. The molecular weight excluding hydrogens is 431 g/mol. The Kier molecular flexibility index (Phi) is 7.85. The number of hydrogen-bond acceptors (Lipinski definition) is 6. The van der Waals surface area contributed by atoms with Gasteiger partial charge in [-0.1, -0.05) is 18.2 Å². The predicted octanol–water partition coefficient (Wildman–Crippen LogP) is 1.57. The van der Waals surface area contributed by atoms with Crippen molar-refractivity contribution in [3.63, 3.8) is 0 Å². The van der Waals surface area contributed by atoms with E-state index in [0.717, 1.165) is 10.4 Å². The SMILES string of the molecule is O=C(CN[C@H](c1ccc(F)cc1)c1cccs1)N1CCN(CC(=O)N2CCOCC2)CC1. The van der Waals surface area contributed by atoms with Gasteiger partial charge in [-0.05, 0) is 29.1 Å². The van der Waals surface area contributed by atoms with Crippen LogP contribution in [0, 0.1) is 5.82 Å². The van der Waals surface area contributed by atoms with Gasteiger partial charge in [0.1, 0.15) is 5.82 Å². The lowest BCUT2D eigenvalue weighted by Gasteiger charge is -2.36. The lowest BCUT2D eigenvalue weighted by molar-refractivity contribution is -0.137. The monoisotopic (exact) mass is 460 g/mol. The maximum atomic E-state index is 13.4. The Labute approximate surface area is 191 Å². The molecule has 1 atom stereocenters. The number of nitrogens with zero attached hydrogens (tertiary/aromatic N) is 3. The summed E-state index contributed by atoms with van der Waals surface area (Å²) in [6.07, 6.45) is 0. The van der Waals surface area contributed by atoms with Crippen LogP contribution in [0.5, 0.6) is 0 Å². The maximum Gasteiger partial charge on any atom is 0.236 e. The Morgan fingerprint density at radius 1 is 0.969 bits per heavy atom. The van der Waals surface area contributed by atoms with Crippen LogP contribution in [0.15, 0.2) is 41.8 Å². The third-order valence-electron chi connectivity index (χ3n) is 5.94. The quantitative estimate of drug-likeness (QED) is 0.680. The van der Waals surface area contributed by atoms with E-state index >= 15 is 0 Å². The molecule has 0 aliphatic carbocycles. The average Bonchev–Trinajstić information content (AvgIpc) is 3.36. The number of halogens is 1. The van der Waals surface area contributed by atoms with Crippen LogP contribution in [0.2, 0.25) is 0 Å². The van der Waals surface area contributed by atoms with Crippen LogP contribution in [-0.2, 0) is 14.3 Å². The van der Waals surface area contributed by atoms with Gasteiger partial charge < -0.3 is 14.5 Å². The van der Waals surface area contributed by atoms with E-state index in [0.29, 0.717) is 59.0 Å². The van der Waals surface area contributed by atoms with E-state index < -0.39 is 0 Å². The van der Waals surface area contributed by atoms with Crippen molar-refractivity contribution in [3.05, 3.63) is 58.0 Å². The lowest BCUT2D eigenvalue weighted by Crippen LogP contribution is -2.53. The highest BCUT2D eigenvalue weighted by atomic mass is 32.1. The summed E-state index contributed by atoms with van der Waals surface area (Å²) in [5.74, 6) is -0.111. The molecule has 2 aliphatic rings. The van der Waals surface area contributed by atoms with E-state index in [1.165, 1.54) is 12.1 Å². The van der Waals surface area contributed by atoms with Crippen molar-refractivity contribution in [1.82, 2.24) is 20.0 Å². The molecule has 2 aromatic rings. The number of hydrogen-bond donors (Lipinski definition) is 1. The van der Waals surface area contributed by atoms with Crippen LogP contribution in [0.25, 0.3) is 0 Å². The van der Waals surface area contributed by atoms with Crippen molar-refractivity contribution in [1.29, 1.82) is 0 Å². The molecular formula is C23H29FN4O3S. The predicted molar refractivity (Wildman–Crippen MR) is 121 cm³/mol. The van der Waals surface area contributed by atoms with E-state index in [9.17, 15) is 14.0 Å². The summed E-state index contributed by atoms with van der Waals surface area (Å²) in [5, 5.41) is 5.34. The molecule has 0 unspecified atom stereocenters. The van der Waals surface area contributed by atoms with Crippen LogP contribution in [-0.4, -0.2) is 92.1 Å². The molecule has 0 radical (unpaired) electrons. The number of thiophene rings is 1. The number of benzene rings is 1. The first-order valence-electron chi connectivity index (χ1n) is 11.0. The highest BCUT2D eigenvalue weighted by molar-refractivity contribution is 7.10. The van der Waals surface area contributed by atoms with Gasteiger partial charge in [0.2, 0.25) is 11.8 Å². The fraction of sp³-hybridized carbons (Fsp3) is 0.478. The summed E-state index contributed by atoms with van der Waals surface area (Å²) in [6, 6.07) is 10.2. The molecule has 172 valence electrons. The van der Waals surface area contributed by atoms with Gasteiger partial charge in [0.15, 0.2) is 0 Å². The number of rotatable bonds is 7. The molecule has 32 heavy (non-hydrogen) atoms. The Bertz CT molecular complexity index is 879. The Morgan fingerprint density at radius 3 is 2.31 bits per heavy atom. The molecule has 9 heteroatoms. The minimum atomic E-state index is -0.278. The number of amides is 2. The molecule has 1 aromatic carbocycles. The first kappa shape index (κ1) is 22.8. The van der Waals surface area contributed by atoms with E-state index in [-0.39, 0.29) is 30.2 Å². The molecule has 1 N–H and O–H groups in total. The lowest BCUT2D eigenvalue weighted by atomic mass is 10.1. The van der Waals surface area contributed by atoms with Crippen molar-refractivity contribution < 1.29 is 18.7 Å². The summed E-state index contributed by atoms with van der Waals surface area (Å²) in [7, 11) is 0. The number of carbonyl (C=O) groups is 2. The fourth-order valence-electron chi connectivity index (χ4n) is 4.05. The van der Waals surface area contributed by atoms with Gasteiger partial charge in [-0.25, -0.2) is 4.39 Å². The minimum Gasteiger partial charge on any atom is -0.378 e. The fourth-order valence-corrected chi connectivity index (χ4v) is 4.88. The zero-order valence-electron chi connectivity index (χ0n) is 18.0. The van der Waals surface area contributed by atoms with Crippen molar-refractivity contribution in [2.45, 2.75) is 6.04 Å². The third kappa shape index (κ3) is 5.92. The van der Waals surface area contributed by atoms with Gasteiger partial charge in [0.05, 0.1) is 32.3 Å². The molecule has 2 aliphatic heterocycles. The Balaban J connectivity index is 1.26. The first-order chi connectivity index (χ1) is 15.6. The van der Waals surface area contributed by atoms with Crippen molar-refractivity contribution >= 4 is 23.2 Å². The molecule has 7 nitrogen and oxygen atoms in total. The largest absolute Gasteiger partial charge is 0.378 e. The van der Waals surface area contributed by atoms with Crippen molar-refractivity contribution in [2.24, 2.45) is 0 Å². The molecule has 0 spiro atoms. The summed E-state index contributed by atoms with van der Waals surface area (Å²) < 4.78 is 18.7. The highest BCUT2D eigenvalue weighted by Gasteiger charge is 2.25. The van der Waals surface area contributed by atoms with Gasteiger partial charge in [0, 0.05) is 44.1 Å². The van der Waals surface area contributed by atoms with E-state index in [4.69, 9.17) is 4.74 Å². The Hall–Kier alpha value is -2.33. The Morgan fingerprint density at radius 2 is 1.66 bits per heavy atom. The highest BCUT2D eigenvalue weighted by Crippen LogP contribution is 2.26. The minimum absolute atomic E-state index is 0.0350. The number of piperazine rings is 1. The normalized spacial score (nSPS) is 18.5. The molecule has 1 aromatic heterocycles. The number of carbonyl (C=O) groups excluding carboxylic acids is 2. The standard InChI is InChI=1S/C23H29FN4O3S/c24-19-5-3-18(4-6-19)23(20-2-1-15-32-20)25-16-21(29)27-9-7-26(8-10-27)17-22(30)28-11-13-31-14-12-28/h1-6,15,23,25H,7-14,16-17H2/t23-/m1/s1. The van der Waals surface area contributed by atoms with Crippen LogP contribution in [0.4, 0.5) is 4.39 Å². The van der Waals surface area contributed by atoms with Gasteiger partial charge in [-0.3, -0.25) is 19.8 Å². The number of nitrogens with one attached hydrogen (secondary N) is 1. The maximum absolute atomic E-state index is 13.4. The van der Waals surface area contributed by atoms with Crippen LogP contribution >= 0.6 is 11.3 Å². The summed E-state index contributed by atoms with van der Waals surface area (Å²) >= 11 is 1.60. The molecule has 0 bridgehead atoms. The summed E-state index contributed by atoms with van der Waals surface area (Å²) in [5.41, 5.74) is 0.924. The van der Waals surface area contributed by atoms with Gasteiger partial charge in [-0.15, -0.1) is 11.3 Å². The topological polar surface area (TPSA) is 65.1 Å². The van der Waals surface area contributed by atoms with Gasteiger partial charge in [-0.2, -0.15) is 0 Å². The summed E-state index contributed by atoms with van der Waals surface area (Å²) in [6.45, 7) is 5.70. The van der Waals surface area contributed by atoms with E-state index in [1.54, 1.807) is 23.5 Å². The van der Waals surface area contributed by atoms with Crippen LogP contribution < -0.4 is 5.32 Å². The molecule has 2 saturated heterocycles. The molecule has 0 saturated carbocycles. The van der Waals surface area contributed by atoms with E-state index in [1.807, 2.05) is 27.3 Å². The van der Waals surface area contributed by atoms with Gasteiger partial charge in [0.25, 0.3) is 0 Å². The second-order valence-corrected chi connectivity index (χ2v) is 9.01. The zero-order valence-corrected chi connectivity index (χ0v) is 18.9. The second-order valence-electron chi connectivity index (χ2n) is 8.03. The smallest absolute Gasteiger partial charge is 0.236 e. The number of morpholine rings is 1. The molecule has 4 rings (SSSR count). The van der Waals surface area contributed by atoms with Gasteiger partial charge >= 0.3 is 0 Å². The third-order valence-corrected chi connectivity index (χ3v) is 6.87. The molecule has 2 fully saturated rings. The molecule has 2 amide bonds. The van der Waals surface area contributed by atoms with Crippen molar-refractivity contribution in [2.75, 3.05) is 65.6 Å². The molecule has 3 heterocycles.